The second kappa shape index (κ2) is 4.11. The van der Waals surface area contributed by atoms with Crippen molar-refractivity contribution in [3.63, 3.8) is 0 Å². The van der Waals surface area contributed by atoms with Crippen LogP contribution in [0.3, 0.4) is 0 Å². The largest absolute Gasteiger partial charge is 0.340 e. The van der Waals surface area contributed by atoms with E-state index in [9.17, 15) is 4.79 Å². The average Bonchev–Trinajstić information content (AvgIpc) is 2.60. The first-order chi connectivity index (χ1) is 7.31. The number of carbonyl (C=O) groups excluding carboxylic acids is 1. The molecule has 6 nitrogen and oxygen atoms in total. The fraction of sp³-hybridized carbons (Fsp3) is 0.444. The molecule has 15 heavy (non-hydrogen) atoms. The van der Waals surface area contributed by atoms with Crippen LogP contribution in [0.1, 0.15) is 16.5 Å². The van der Waals surface area contributed by atoms with Crippen molar-refractivity contribution >= 4 is 5.91 Å². The van der Waals surface area contributed by atoms with E-state index in [2.05, 4.69) is 26.9 Å². The minimum absolute atomic E-state index is 0.205. The summed E-state index contributed by atoms with van der Waals surface area (Å²) in [6.07, 6.45) is 6.66. The Balaban J connectivity index is 2.00. The molecule has 1 amide bonds. The summed E-state index contributed by atoms with van der Waals surface area (Å²) in [7, 11) is 0. The topological polar surface area (TPSA) is 71.8 Å². The molecule has 0 spiro atoms. The molecule has 2 rings (SSSR count). The lowest BCUT2D eigenvalue weighted by Gasteiger charge is -2.26. The molecule has 1 aliphatic rings. The molecule has 1 saturated heterocycles. The minimum atomic E-state index is -0.286. The minimum Gasteiger partial charge on any atom is -0.340 e. The third-order valence-electron chi connectivity index (χ3n) is 2.23. The van der Waals surface area contributed by atoms with Gasteiger partial charge in [0.15, 0.2) is 5.69 Å². The normalized spacial score (nSPS) is 15.4. The first-order valence-corrected chi connectivity index (χ1v) is 4.65. The Bertz CT molecular complexity index is 401. The van der Waals surface area contributed by atoms with Gasteiger partial charge in [0.25, 0.3) is 5.91 Å². The molecule has 0 atom stereocenters. The zero-order valence-electron chi connectivity index (χ0n) is 8.10. The summed E-state index contributed by atoms with van der Waals surface area (Å²) in [5.41, 5.74) is 0.303. The Labute approximate surface area is 87.0 Å². The fourth-order valence-electron chi connectivity index (χ4n) is 1.24. The van der Waals surface area contributed by atoms with E-state index < -0.39 is 0 Å². The highest BCUT2D eigenvalue weighted by atomic mass is 16.2. The van der Waals surface area contributed by atoms with Crippen LogP contribution in [-0.4, -0.2) is 40.5 Å². The van der Waals surface area contributed by atoms with Gasteiger partial charge in [-0.1, -0.05) is 11.1 Å². The van der Waals surface area contributed by atoms with Gasteiger partial charge in [-0.05, 0) is 0 Å². The number of nitrogens with one attached hydrogen (secondary N) is 2. The lowest BCUT2D eigenvalue weighted by atomic mass is 10.2. The predicted molar refractivity (Wildman–Crippen MR) is 53.1 cm³/mol. The summed E-state index contributed by atoms with van der Waals surface area (Å²) in [6.45, 7) is 1.94. The Morgan fingerprint density at radius 1 is 1.80 bits per heavy atom. The first-order valence-electron chi connectivity index (χ1n) is 4.65. The number of terminal acetylenes is 1. The van der Waals surface area contributed by atoms with Crippen LogP contribution in [0.5, 0.6) is 0 Å². The van der Waals surface area contributed by atoms with Crippen LogP contribution in [0.2, 0.25) is 0 Å². The van der Waals surface area contributed by atoms with Crippen LogP contribution in [0.25, 0.3) is 0 Å². The molecule has 0 aromatic carbocycles. The van der Waals surface area contributed by atoms with Crippen molar-refractivity contribution in [1.29, 1.82) is 0 Å². The molecular weight excluding hydrogens is 194 g/mol. The maximum absolute atomic E-state index is 11.4. The van der Waals surface area contributed by atoms with Crippen molar-refractivity contribution in [2.75, 3.05) is 19.6 Å². The van der Waals surface area contributed by atoms with Crippen molar-refractivity contribution in [3.8, 4) is 12.3 Å². The molecule has 1 aromatic rings. The van der Waals surface area contributed by atoms with E-state index in [1.54, 1.807) is 10.9 Å². The smallest absolute Gasteiger partial charge is 0.274 e. The molecule has 0 unspecified atom stereocenters. The van der Waals surface area contributed by atoms with Gasteiger partial charge in [-0.3, -0.25) is 4.79 Å². The van der Waals surface area contributed by atoms with Crippen molar-refractivity contribution in [2.24, 2.45) is 0 Å². The lowest BCUT2D eigenvalue weighted by molar-refractivity contribution is 0.0953. The molecule has 6 heteroatoms. The second-order valence-electron chi connectivity index (χ2n) is 3.28. The molecule has 0 bridgehead atoms. The summed E-state index contributed by atoms with van der Waals surface area (Å²) < 4.78 is 1.70. The van der Waals surface area contributed by atoms with Crippen LogP contribution in [0, 0.1) is 12.3 Å². The first kappa shape index (κ1) is 9.68. The summed E-state index contributed by atoms with van der Waals surface area (Å²) in [6, 6.07) is 0.312. The van der Waals surface area contributed by atoms with Gasteiger partial charge in [-0.15, -0.1) is 11.5 Å². The SMILES string of the molecule is C#CCNC(=O)c1cn(C2CNC2)nn1. The van der Waals surface area contributed by atoms with E-state index >= 15 is 0 Å². The number of rotatable bonds is 3. The van der Waals surface area contributed by atoms with E-state index in [-0.39, 0.29) is 12.5 Å². The molecule has 0 aliphatic carbocycles. The Kier molecular flexibility index (Phi) is 2.65. The van der Waals surface area contributed by atoms with E-state index in [0.29, 0.717) is 11.7 Å². The Morgan fingerprint density at radius 2 is 2.60 bits per heavy atom. The van der Waals surface area contributed by atoms with Gasteiger partial charge in [0.2, 0.25) is 0 Å². The maximum atomic E-state index is 11.4. The van der Waals surface area contributed by atoms with Gasteiger partial charge >= 0.3 is 0 Å². The van der Waals surface area contributed by atoms with Crippen molar-refractivity contribution in [1.82, 2.24) is 25.6 Å². The fourth-order valence-corrected chi connectivity index (χ4v) is 1.24. The molecular formula is C9H11N5O. The maximum Gasteiger partial charge on any atom is 0.274 e. The van der Waals surface area contributed by atoms with Crippen LogP contribution in [0.4, 0.5) is 0 Å². The standard InChI is InChI=1S/C9H11N5O/c1-2-3-11-9(15)8-6-14(13-12-8)7-4-10-5-7/h1,6-7,10H,3-5H2,(H,11,15). The molecule has 2 heterocycles. The number of hydrogen-bond acceptors (Lipinski definition) is 4. The third-order valence-corrected chi connectivity index (χ3v) is 2.23. The van der Waals surface area contributed by atoms with Gasteiger partial charge in [-0.25, -0.2) is 4.68 Å². The highest BCUT2D eigenvalue weighted by molar-refractivity contribution is 5.91. The Hall–Kier alpha value is -1.87. The van der Waals surface area contributed by atoms with Crippen molar-refractivity contribution < 1.29 is 4.79 Å². The molecule has 78 valence electrons. The second-order valence-corrected chi connectivity index (χ2v) is 3.28. The molecule has 1 fully saturated rings. The van der Waals surface area contributed by atoms with E-state index in [1.165, 1.54) is 0 Å². The number of aromatic nitrogens is 3. The quantitative estimate of drug-likeness (QED) is 0.607. The van der Waals surface area contributed by atoms with E-state index in [4.69, 9.17) is 6.42 Å². The summed E-state index contributed by atoms with van der Waals surface area (Å²) >= 11 is 0. The van der Waals surface area contributed by atoms with Crippen LogP contribution in [0.15, 0.2) is 6.20 Å². The zero-order chi connectivity index (χ0) is 10.7. The van der Waals surface area contributed by atoms with Crippen LogP contribution < -0.4 is 10.6 Å². The van der Waals surface area contributed by atoms with Gasteiger partial charge in [0.1, 0.15) is 0 Å². The van der Waals surface area contributed by atoms with Crippen molar-refractivity contribution in [2.45, 2.75) is 6.04 Å². The summed E-state index contributed by atoms with van der Waals surface area (Å²) in [4.78, 5) is 11.4. The van der Waals surface area contributed by atoms with E-state index in [0.717, 1.165) is 13.1 Å². The highest BCUT2D eigenvalue weighted by Gasteiger charge is 2.21. The van der Waals surface area contributed by atoms with Crippen LogP contribution >= 0.6 is 0 Å². The third kappa shape index (κ3) is 1.97. The van der Waals surface area contributed by atoms with Gasteiger partial charge in [-0.2, -0.15) is 0 Å². The molecule has 0 radical (unpaired) electrons. The Morgan fingerprint density at radius 3 is 3.20 bits per heavy atom. The van der Waals surface area contributed by atoms with Crippen molar-refractivity contribution in [3.05, 3.63) is 11.9 Å². The number of hydrogen-bond donors (Lipinski definition) is 2. The predicted octanol–water partition coefficient (Wildman–Crippen LogP) is -1.21. The molecule has 1 aromatic heterocycles. The molecule has 0 saturated carbocycles. The zero-order valence-corrected chi connectivity index (χ0v) is 8.10. The highest BCUT2D eigenvalue weighted by Crippen LogP contribution is 2.09. The average molecular weight is 205 g/mol. The number of nitrogens with zero attached hydrogens (tertiary/aromatic N) is 3. The lowest BCUT2D eigenvalue weighted by Crippen LogP contribution is -2.43. The van der Waals surface area contributed by atoms with Gasteiger partial charge in [0, 0.05) is 13.1 Å². The van der Waals surface area contributed by atoms with Crippen LogP contribution in [-0.2, 0) is 0 Å². The summed E-state index contributed by atoms with van der Waals surface area (Å²) in [5, 5.41) is 13.3. The molecule has 2 N–H and O–H groups in total. The molecule has 1 aliphatic heterocycles. The number of carbonyl (C=O) groups is 1. The van der Waals surface area contributed by atoms with Gasteiger partial charge < -0.3 is 10.6 Å². The summed E-state index contributed by atoms with van der Waals surface area (Å²) in [5.74, 6) is 2.04. The number of amides is 1. The van der Waals surface area contributed by atoms with Gasteiger partial charge in [0.05, 0.1) is 18.8 Å². The monoisotopic (exact) mass is 205 g/mol. The van der Waals surface area contributed by atoms with E-state index in [1.807, 2.05) is 0 Å².